The van der Waals surface area contributed by atoms with E-state index in [1.54, 1.807) is 0 Å². The van der Waals surface area contributed by atoms with E-state index >= 15 is 0 Å². The zero-order chi connectivity index (χ0) is 22.4. The second-order valence-corrected chi connectivity index (χ2v) is 8.49. The van der Waals surface area contributed by atoms with Crippen molar-refractivity contribution in [1.29, 1.82) is 0 Å². The van der Waals surface area contributed by atoms with Crippen molar-refractivity contribution >= 4 is 11.9 Å². The van der Waals surface area contributed by atoms with Crippen LogP contribution in [0.5, 0.6) is 0 Å². The van der Waals surface area contributed by atoms with Gasteiger partial charge in [0.05, 0.1) is 0 Å². The molecule has 1 saturated heterocycles. The lowest BCUT2D eigenvalue weighted by atomic mass is 9.96. The van der Waals surface area contributed by atoms with Crippen molar-refractivity contribution in [1.82, 2.24) is 16.2 Å². The van der Waals surface area contributed by atoms with Crippen LogP contribution in [0.1, 0.15) is 32.3 Å². The van der Waals surface area contributed by atoms with E-state index in [0.717, 1.165) is 16.7 Å². The summed E-state index contributed by atoms with van der Waals surface area (Å²) in [7, 11) is 0. The summed E-state index contributed by atoms with van der Waals surface area (Å²) in [5.74, 6) is -1.10. The quantitative estimate of drug-likeness (QED) is 0.421. The lowest BCUT2D eigenvalue weighted by molar-refractivity contribution is -0.147. The number of amides is 1. The number of carboxylic acid groups (broad SMARTS) is 1. The van der Waals surface area contributed by atoms with Gasteiger partial charge in [0.25, 0.3) is 0 Å². The van der Waals surface area contributed by atoms with Crippen LogP contribution in [0, 0.1) is 5.92 Å². The molecule has 1 aliphatic heterocycles. The number of rotatable bonds is 9. The molecule has 166 valence electrons. The third-order valence-electron chi connectivity index (χ3n) is 5.74. The van der Waals surface area contributed by atoms with Gasteiger partial charge in [0.1, 0.15) is 6.04 Å². The van der Waals surface area contributed by atoms with Crippen LogP contribution in [0.2, 0.25) is 0 Å². The Labute approximate surface area is 182 Å². The number of carboxylic acids is 1. The van der Waals surface area contributed by atoms with E-state index < -0.39 is 24.2 Å². The molecule has 1 heterocycles. The topological polar surface area (TPSA) is 111 Å². The number of nitrogens with one attached hydrogen (secondary N) is 3. The average Bonchev–Trinajstić information content (AvgIpc) is 3.25. The number of hydrogen-bond acceptors (Lipinski definition) is 5. The summed E-state index contributed by atoms with van der Waals surface area (Å²) in [5, 5.41) is 21.9. The fourth-order valence-corrected chi connectivity index (χ4v) is 3.80. The van der Waals surface area contributed by atoms with Crippen LogP contribution in [-0.2, 0) is 16.0 Å². The molecule has 7 nitrogen and oxygen atoms in total. The highest BCUT2D eigenvalue weighted by atomic mass is 16.4. The maximum Gasteiger partial charge on any atom is 0.332 e. The molecule has 0 aromatic heterocycles. The van der Waals surface area contributed by atoms with E-state index in [9.17, 15) is 14.7 Å². The SMILES string of the molecule is CC(C)C1CC(C(=O)NC(Cc2ccc(-c3ccccc3)cc2)C[C@@H](O)C(=O)O)NN1. The molecule has 0 radical (unpaired) electrons. The molecular formula is C24H31N3O4. The fraction of sp³-hybridized carbons (Fsp3) is 0.417. The van der Waals surface area contributed by atoms with Gasteiger partial charge in [0.2, 0.25) is 5.91 Å². The second kappa shape index (κ2) is 10.5. The average molecular weight is 426 g/mol. The fourth-order valence-electron chi connectivity index (χ4n) is 3.80. The molecule has 3 unspecified atom stereocenters. The highest BCUT2D eigenvalue weighted by molar-refractivity contribution is 5.82. The van der Waals surface area contributed by atoms with Crippen molar-refractivity contribution in [2.45, 2.75) is 57.3 Å². The van der Waals surface area contributed by atoms with Crippen molar-refractivity contribution in [3.63, 3.8) is 0 Å². The number of aliphatic hydroxyl groups is 1. The number of benzene rings is 2. The smallest absolute Gasteiger partial charge is 0.332 e. The maximum atomic E-state index is 12.8. The van der Waals surface area contributed by atoms with Gasteiger partial charge in [-0.15, -0.1) is 0 Å². The van der Waals surface area contributed by atoms with E-state index in [1.807, 2.05) is 54.6 Å². The molecule has 1 aliphatic rings. The van der Waals surface area contributed by atoms with Crippen LogP contribution in [0.3, 0.4) is 0 Å². The number of hydrogen-bond donors (Lipinski definition) is 5. The molecule has 0 saturated carbocycles. The van der Waals surface area contributed by atoms with Crippen molar-refractivity contribution in [2.75, 3.05) is 0 Å². The first-order valence-corrected chi connectivity index (χ1v) is 10.7. The molecule has 3 rings (SSSR count). The Bertz CT molecular complexity index is 870. The maximum absolute atomic E-state index is 12.8. The predicted molar refractivity (Wildman–Crippen MR) is 119 cm³/mol. The minimum Gasteiger partial charge on any atom is -0.479 e. The minimum absolute atomic E-state index is 0.0603. The molecule has 0 aliphatic carbocycles. The molecule has 1 fully saturated rings. The van der Waals surface area contributed by atoms with Crippen molar-refractivity contribution < 1.29 is 19.8 Å². The normalized spacial score (nSPS) is 20.4. The lowest BCUT2D eigenvalue weighted by Gasteiger charge is -2.22. The van der Waals surface area contributed by atoms with Crippen LogP contribution in [0.4, 0.5) is 0 Å². The van der Waals surface area contributed by atoms with Crippen LogP contribution >= 0.6 is 0 Å². The highest BCUT2D eigenvalue weighted by Crippen LogP contribution is 2.20. The summed E-state index contributed by atoms with van der Waals surface area (Å²) in [6.07, 6.45) is -0.510. The molecular weight excluding hydrogens is 394 g/mol. The summed E-state index contributed by atoms with van der Waals surface area (Å²) < 4.78 is 0. The number of carbonyl (C=O) groups is 2. The standard InChI is InChI=1S/C24H31N3O4/c1-15(2)20-14-21(27-26-20)23(29)25-19(13-22(28)24(30)31)12-16-8-10-18(11-9-16)17-6-4-3-5-7-17/h3-11,15,19-22,26-28H,12-14H2,1-2H3,(H,25,29)(H,30,31)/t19?,20?,21?,22-/m1/s1. The predicted octanol–water partition coefficient (Wildman–Crippen LogP) is 2.11. The molecule has 2 aromatic rings. The van der Waals surface area contributed by atoms with Crippen molar-refractivity contribution in [3.8, 4) is 11.1 Å². The van der Waals surface area contributed by atoms with E-state index in [2.05, 4.69) is 30.0 Å². The molecule has 0 spiro atoms. The van der Waals surface area contributed by atoms with Crippen LogP contribution in [0.25, 0.3) is 11.1 Å². The van der Waals surface area contributed by atoms with Crippen molar-refractivity contribution in [3.05, 3.63) is 60.2 Å². The lowest BCUT2D eigenvalue weighted by Crippen LogP contribution is -2.49. The van der Waals surface area contributed by atoms with Gasteiger partial charge in [-0.25, -0.2) is 10.2 Å². The van der Waals surface area contributed by atoms with E-state index in [-0.39, 0.29) is 18.4 Å². The van der Waals surface area contributed by atoms with Gasteiger partial charge >= 0.3 is 5.97 Å². The summed E-state index contributed by atoms with van der Waals surface area (Å²) in [4.78, 5) is 23.9. The van der Waals surface area contributed by atoms with Gasteiger partial charge in [0.15, 0.2) is 6.10 Å². The zero-order valence-electron chi connectivity index (χ0n) is 17.9. The van der Waals surface area contributed by atoms with Crippen LogP contribution < -0.4 is 16.2 Å². The largest absolute Gasteiger partial charge is 0.479 e. The summed E-state index contributed by atoms with van der Waals surface area (Å²) in [5.41, 5.74) is 9.30. The number of aliphatic carboxylic acids is 1. The molecule has 2 aromatic carbocycles. The summed E-state index contributed by atoms with van der Waals surface area (Å²) >= 11 is 0. The minimum atomic E-state index is -1.54. The molecule has 5 N–H and O–H groups in total. The third kappa shape index (κ3) is 6.37. The van der Waals surface area contributed by atoms with Gasteiger partial charge in [-0.05, 0) is 35.4 Å². The number of aliphatic hydroxyl groups excluding tert-OH is 1. The second-order valence-electron chi connectivity index (χ2n) is 8.49. The van der Waals surface area contributed by atoms with Gasteiger partial charge in [-0.3, -0.25) is 10.2 Å². The first-order chi connectivity index (χ1) is 14.8. The first-order valence-electron chi connectivity index (χ1n) is 10.7. The Morgan fingerprint density at radius 3 is 2.26 bits per heavy atom. The molecule has 0 bridgehead atoms. The van der Waals surface area contributed by atoms with Gasteiger partial charge in [-0.1, -0.05) is 68.4 Å². The van der Waals surface area contributed by atoms with Crippen LogP contribution in [-0.4, -0.2) is 46.3 Å². The Kier molecular flexibility index (Phi) is 7.79. The summed E-state index contributed by atoms with van der Waals surface area (Å²) in [6.45, 7) is 4.18. The van der Waals surface area contributed by atoms with E-state index in [1.165, 1.54) is 0 Å². The third-order valence-corrected chi connectivity index (χ3v) is 5.74. The summed E-state index contributed by atoms with van der Waals surface area (Å²) in [6, 6.07) is 17.3. The monoisotopic (exact) mass is 425 g/mol. The first kappa shape index (κ1) is 22.9. The molecule has 1 amide bonds. The van der Waals surface area contributed by atoms with E-state index in [4.69, 9.17) is 5.11 Å². The number of hydrazine groups is 1. The highest BCUT2D eigenvalue weighted by Gasteiger charge is 2.32. The number of carbonyl (C=O) groups excluding carboxylic acids is 1. The van der Waals surface area contributed by atoms with Gasteiger partial charge in [-0.2, -0.15) is 0 Å². The molecule has 4 atom stereocenters. The Balaban J connectivity index is 1.67. The van der Waals surface area contributed by atoms with Crippen molar-refractivity contribution in [2.24, 2.45) is 5.92 Å². The van der Waals surface area contributed by atoms with Gasteiger partial charge in [0, 0.05) is 18.5 Å². The Morgan fingerprint density at radius 1 is 1.03 bits per heavy atom. The van der Waals surface area contributed by atoms with Crippen LogP contribution in [0.15, 0.2) is 54.6 Å². The van der Waals surface area contributed by atoms with E-state index in [0.29, 0.717) is 18.8 Å². The molecule has 31 heavy (non-hydrogen) atoms. The molecule has 7 heteroatoms. The zero-order valence-corrected chi connectivity index (χ0v) is 17.9. The van der Waals surface area contributed by atoms with Gasteiger partial charge < -0.3 is 15.5 Å². The Morgan fingerprint density at radius 2 is 1.68 bits per heavy atom. The Hall–Kier alpha value is -2.74.